The lowest BCUT2D eigenvalue weighted by Gasteiger charge is -2.31. The van der Waals surface area contributed by atoms with Crippen LogP contribution in [0.25, 0.3) is 0 Å². The predicted molar refractivity (Wildman–Crippen MR) is 58.2 cm³/mol. The number of imide groups is 1. The van der Waals surface area contributed by atoms with E-state index in [2.05, 4.69) is 11.4 Å². The molecule has 0 aromatic heterocycles. The second-order valence-electron chi connectivity index (χ2n) is 4.73. The molecular formula is C11H17N3O2. The van der Waals surface area contributed by atoms with Gasteiger partial charge in [-0.3, -0.25) is 19.8 Å². The van der Waals surface area contributed by atoms with E-state index in [1.165, 1.54) is 4.90 Å². The summed E-state index contributed by atoms with van der Waals surface area (Å²) in [5.41, 5.74) is -0.505. The van der Waals surface area contributed by atoms with Crippen molar-refractivity contribution >= 4 is 11.8 Å². The molecule has 0 radical (unpaired) electrons. The van der Waals surface area contributed by atoms with E-state index in [1.807, 2.05) is 0 Å². The lowest BCUT2D eigenvalue weighted by Crippen LogP contribution is -2.57. The molecule has 5 heteroatoms. The van der Waals surface area contributed by atoms with Crippen LogP contribution in [0.5, 0.6) is 0 Å². The Bertz CT molecular complexity index is 344. The minimum atomic E-state index is -0.505. The first-order valence-corrected chi connectivity index (χ1v) is 5.36. The molecule has 1 saturated heterocycles. The summed E-state index contributed by atoms with van der Waals surface area (Å²) in [6.45, 7) is 5.85. The third-order valence-corrected chi connectivity index (χ3v) is 2.76. The maximum Gasteiger partial charge on any atom is 0.246 e. The van der Waals surface area contributed by atoms with Crippen LogP contribution in [0, 0.1) is 16.7 Å². The molecule has 1 heterocycles. The van der Waals surface area contributed by atoms with E-state index in [0.717, 1.165) is 0 Å². The number of piperazine rings is 1. The Hall–Kier alpha value is -1.41. The molecule has 1 aliphatic heterocycles. The molecule has 0 aliphatic carbocycles. The number of hydrogen-bond donors (Lipinski definition) is 1. The second kappa shape index (κ2) is 4.62. The average Bonchev–Trinajstić information content (AvgIpc) is 2.24. The van der Waals surface area contributed by atoms with Crippen LogP contribution in [0.1, 0.15) is 27.2 Å². The maximum atomic E-state index is 11.7. The Labute approximate surface area is 95.4 Å². The van der Waals surface area contributed by atoms with Crippen molar-refractivity contribution in [3.63, 3.8) is 0 Å². The number of carbonyl (C=O) groups excluding carboxylic acids is 2. The van der Waals surface area contributed by atoms with Crippen molar-refractivity contribution in [2.75, 3.05) is 13.1 Å². The summed E-state index contributed by atoms with van der Waals surface area (Å²) in [5.74, 6) is -0.415. The van der Waals surface area contributed by atoms with Gasteiger partial charge in [-0.1, -0.05) is 0 Å². The van der Waals surface area contributed by atoms with Crippen molar-refractivity contribution in [3.05, 3.63) is 0 Å². The third-order valence-electron chi connectivity index (χ3n) is 2.76. The number of carbonyl (C=O) groups is 2. The lowest BCUT2D eigenvalue weighted by molar-refractivity contribution is -0.149. The zero-order valence-electron chi connectivity index (χ0n) is 9.91. The Kier molecular flexibility index (Phi) is 3.66. The Balaban J connectivity index is 2.62. The smallest absolute Gasteiger partial charge is 0.246 e. The Morgan fingerprint density at radius 1 is 1.56 bits per heavy atom. The fourth-order valence-corrected chi connectivity index (χ4v) is 1.46. The van der Waals surface area contributed by atoms with Crippen LogP contribution in [-0.4, -0.2) is 35.8 Å². The summed E-state index contributed by atoms with van der Waals surface area (Å²) in [5, 5.41) is 11.7. The van der Waals surface area contributed by atoms with Crippen molar-refractivity contribution in [2.45, 2.75) is 33.2 Å². The third kappa shape index (κ3) is 2.80. The number of hydrogen-bond acceptors (Lipinski definition) is 4. The lowest BCUT2D eigenvalue weighted by atomic mass is 9.91. The van der Waals surface area contributed by atoms with E-state index in [-0.39, 0.29) is 24.4 Å². The van der Waals surface area contributed by atoms with Gasteiger partial charge < -0.3 is 0 Å². The summed E-state index contributed by atoms with van der Waals surface area (Å²) < 4.78 is 0. The van der Waals surface area contributed by atoms with Gasteiger partial charge in [0.15, 0.2) is 0 Å². The first kappa shape index (κ1) is 12.7. The van der Waals surface area contributed by atoms with Gasteiger partial charge in [-0.15, -0.1) is 0 Å². The summed E-state index contributed by atoms with van der Waals surface area (Å²) >= 11 is 0. The molecule has 0 bridgehead atoms. The van der Waals surface area contributed by atoms with Crippen molar-refractivity contribution in [1.29, 1.82) is 5.26 Å². The highest BCUT2D eigenvalue weighted by atomic mass is 16.2. The standard InChI is InChI=1S/C11H17N3O2/c1-8-10(16)14(9(15)6-13-8)5-4-11(2,3)7-12/h8,13H,4-6H2,1-3H3. The average molecular weight is 223 g/mol. The van der Waals surface area contributed by atoms with E-state index in [1.54, 1.807) is 20.8 Å². The zero-order chi connectivity index (χ0) is 12.3. The molecule has 1 atom stereocenters. The summed E-state index contributed by atoms with van der Waals surface area (Å²) in [4.78, 5) is 24.5. The molecule has 88 valence electrons. The first-order chi connectivity index (χ1) is 7.37. The highest BCUT2D eigenvalue weighted by molar-refractivity contribution is 6.00. The number of nitrogens with zero attached hydrogens (tertiary/aromatic N) is 2. The molecule has 0 spiro atoms. The molecule has 1 N–H and O–H groups in total. The molecule has 1 fully saturated rings. The van der Waals surface area contributed by atoms with E-state index < -0.39 is 5.41 Å². The van der Waals surface area contributed by atoms with Gasteiger partial charge in [-0.05, 0) is 27.2 Å². The molecule has 0 aromatic rings. The van der Waals surface area contributed by atoms with Crippen molar-refractivity contribution in [3.8, 4) is 6.07 Å². The maximum absolute atomic E-state index is 11.7. The normalized spacial score (nSPS) is 22.1. The first-order valence-electron chi connectivity index (χ1n) is 5.36. The van der Waals surface area contributed by atoms with Crippen molar-refractivity contribution in [2.24, 2.45) is 5.41 Å². The van der Waals surface area contributed by atoms with Gasteiger partial charge >= 0.3 is 0 Å². The summed E-state index contributed by atoms with van der Waals surface area (Å²) in [7, 11) is 0. The van der Waals surface area contributed by atoms with E-state index in [4.69, 9.17) is 5.26 Å². The molecule has 5 nitrogen and oxygen atoms in total. The van der Waals surface area contributed by atoms with Gasteiger partial charge in [0.1, 0.15) is 0 Å². The molecule has 1 unspecified atom stereocenters. The van der Waals surface area contributed by atoms with E-state index in [0.29, 0.717) is 13.0 Å². The van der Waals surface area contributed by atoms with Crippen LogP contribution < -0.4 is 5.32 Å². The van der Waals surface area contributed by atoms with Gasteiger partial charge in [-0.2, -0.15) is 5.26 Å². The topological polar surface area (TPSA) is 73.2 Å². The van der Waals surface area contributed by atoms with Crippen molar-refractivity contribution < 1.29 is 9.59 Å². The van der Waals surface area contributed by atoms with Crippen LogP contribution in [-0.2, 0) is 9.59 Å². The minimum absolute atomic E-state index is 0.194. The molecule has 0 aromatic carbocycles. The highest BCUT2D eigenvalue weighted by Crippen LogP contribution is 2.19. The fourth-order valence-electron chi connectivity index (χ4n) is 1.46. The SMILES string of the molecule is CC1NCC(=O)N(CCC(C)(C)C#N)C1=O. The predicted octanol–water partition coefficient (Wildman–Crippen LogP) is 0.273. The molecule has 1 rings (SSSR count). The van der Waals surface area contributed by atoms with E-state index in [9.17, 15) is 9.59 Å². The highest BCUT2D eigenvalue weighted by Gasteiger charge is 2.32. The van der Waals surface area contributed by atoms with Gasteiger partial charge in [0.2, 0.25) is 11.8 Å². The second-order valence-corrected chi connectivity index (χ2v) is 4.73. The molecule has 2 amide bonds. The Morgan fingerprint density at radius 2 is 2.19 bits per heavy atom. The van der Waals surface area contributed by atoms with Gasteiger partial charge in [0.25, 0.3) is 0 Å². The monoisotopic (exact) mass is 223 g/mol. The molecule has 16 heavy (non-hydrogen) atoms. The molecular weight excluding hydrogens is 206 g/mol. The van der Waals surface area contributed by atoms with Crippen molar-refractivity contribution in [1.82, 2.24) is 10.2 Å². The van der Waals surface area contributed by atoms with Gasteiger partial charge in [-0.25, -0.2) is 0 Å². The van der Waals surface area contributed by atoms with Gasteiger partial charge in [0, 0.05) is 6.54 Å². The zero-order valence-corrected chi connectivity index (χ0v) is 9.91. The van der Waals surface area contributed by atoms with Crippen LogP contribution in [0.3, 0.4) is 0 Å². The number of nitriles is 1. The van der Waals surface area contributed by atoms with E-state index >= 15 is 0 Å². The van der Waals surface area contributed by atoms with Crippen LogP contribution in [0.15, 0.2) is 0 Å². The number of rotatable bonds is 3. The van der Waals surface area contributed by atoms with Crippen LogP contribution >= 0.6 is 0 Å². The fraction of sp³-hybridized carbons (Fsp3) is 0.727. The van der Waals surface area contributed by atoms with Gasteiger partial charge in [0.05, 0.1) is 24.1 Å². The number of amides is 2. The summed E-state index contributed by atoms with van der Waals surface area (Å²) in [6.07, 6.45) is 0.508. The largest absolute Gasteiger partial charge is 0.298 e. The quantitative estimate of drug-likeness (QED) is 0.697. The number of nitrogens with one attached hydrogen (secondary N) is 1. The summed E-state index contributed by atoms with van der Waals surface area (Å²) in [6, 6.07) is 1.84. The molecule has 1 aliphatic rings. The van der Waals surface area contributed by atoms with Crippen LogP contribution in [0.4, 0.5) is 0 Å². The molecule has 0 saturated carbocycles. The Morgan fingerprint density at radius 3 is 2.75 bits per heavy atom. The minimum Gasteiger partial charge on any atom is -0.298 e. The van der Waals surface area contributed by atoms with Crippen LogP contribution in [0.2, 0.25) is 0 Å².